The number of pyridine rings is 1. The predicted molar refractivity (Wildman–Crippen MR) is 60.4 cm³/mol. The van der Waals surface area contributed by atoms with Crippen LogP contribution in [0.5, 0.6) is 0 Å². The van der Waals surface area contributed by atoms with Crippen molar-refractivity contribution < 1.29 is 13.2 Å². The molecule has 2 nitrogen and oxygen atoms in total. The molecule has 0 saturated carbocycles. The lowest BCUT2D eigenvalue weighted by molar-refractivity contribution is -0.137. The van der Waals surface area contributed by atoms with E-state index in [-0.39, 0.29) is 0 Å². The second kappa shape index (κ2) is 6.00. The lowest BCUT2D eigenvalue weighted by Crippen LogP contribution is -2.21. The number of rotatable bonds is 5. The van der Waals surface area contributed by atoms with Crippen molar-refractivity contribution in [1.82, 2.24) is 10.3 Å². The number of alkyl halides is 3. The van der Waals surface area contributed by atoms with Crippen molar-refractivity contribution in [2.45, 2.75) is 33.0 Å². The van der Waals surface area contributed by atoms with Crippen LogP contribution >= 0.6 is 0 Å². The monoisotopic (exact) mass is 246 g/mol. The number of hydrogen-bond acceptors (Lipinski definition) is 2. The Bertz CT molecular complexity index is 333. The Hall–Kier alpha value is -1.10. The van der Waals surface area contributed by atoms with Crippen LogP contribution in [-0.2, 0) is 12.7 Å². The summed E-state index contributed by atoms with van der Waals surface area (Å²) >= 11 is 0. The van der Waals surface area contributed by atoms with E-state index >= 15 is 0 Å². The zero-order valence-corrected chi connectivity index (χ0v) is 10.0. The summed E-state index contributed by atoms with van der Waals surface area (Å²) in [5, 5.41) is 3.17. The Morgan fingerprint density at radius 2 is 2.06 bits per heavy atom. The van der Waals surface area contributed by atoms with Crippen LogP contribution in [0, 0.1) is 5.92 Å². The average Bonchev–Trinajstić information content (AvgIpc) is 2.28. The Morgan fingerprint density at radius 3 is 2.53 bits per heavy atom. The fraction of sp³-hybridized carbons (Fsp3) is 0.583. The molecule has 5 heteroatoms. The molecular weight excluding hydrogens is 229 g/mol. The highest BCUT2D eigenvalue weighted by Gasteiger charge is 2.30. The molecule has 0 aromatic carbocycles. The lowest BCUT2D eigenvalue weighted by atomic mass is 10.1. The zero-order valence-electron chi connectivity index (χ0n) is 10.0. The maximum Gasteiger partial charge on any atom is 0.417 e. The summed E-state index contributed by atoms with van der Waals surface area (Å²) < 4.78 is 36.8. The SMILES string of the molecule is CC[C@H](C)CNCc1ccc(C(F)(F)F)cn1. The molecule has 0 radical (unpaired) electrons. The molecule has 1 heterocycles. The molecule has 0 aliphatic carbocycles. The summed E-state index contributed by atoms with van der Waals surface area (Å²) in [6, 6.07) is 2.47. The van der Waals surface area contributed by atoms with Gasteiger partial charge in [0.15, 0.2) is 0 Å². The Kier molecular flexibility index (Phi) is 4.93. The Balaban J connectivity index is 2.46. The third-order valence-electron chi connectivity index (χ3n) is 2.65. The van der Waals surface area contributed by atoms with Gasteiger partial charge in [-0.15, -0.1) is 0 Å². The minimum atomic E-state index is -4.31. The minimum absolute atomic E-state index is 0.502. The van der Waals surface area contributed by atoms with Gasteiger partial charge in [-0.3, -0.25) is 4.98 Å². The highest BCUT2D eigenvalue weighted by atomic mass is 19.4. The van der Waals surface area contributed by atoms with E-state index in [1.165, 1.54) is 6.07 Å². The molecule has 1 atom stereocenters. The molecule has 0 unspecified atom stereocenters. The van der Waals surface area contributed by atoms with E-state index in [9.17, 15) is 13.2 Å². The van der Waals surface area contributed by atoms with Gasteiger partial charge in [0.2, 0.25) is 0 Å². The van der Waals surface area contributed by atoms with Gasteiger partial charge in [0.05, 0.1) is 11.3 Å². The van der Waals surface area contributed by atoms with Crippen molar-refractivity contribution in [3.05, 3.63) is 29.6 Å². The molecule has 1 aromatic heterocycles. The Morgan fingerprint density at radius 1 is 1.35 bits per heavy atom. The Labute approximate surface area is 99.3 Å². The van der Waals surface area contributed by atoms with Crippen LogP contribution in [0.15, 0.2) is 18.3 Å². The molecule has 1 N–H and O–H groups in total. The predicted octanol–water partition coefficient (Wildman–Crippen LogP) is 3.24. The fourth-order valence-electron chi connectivity index (χ4n) is 1.29. The first-order valence-electron chi connectivity index (χ1n) is 5.66. The summed E-state index contributed by atoms with van der Waals surface area (Å²) in [6.45, 7) is 5.57. The maximum atomic E-state index is 12.3. The van der Waals surface area contributed by atoms with E-state index in [1.54, 1.807) is 0 Å². The third kappa shape index (κ3) is 4.73. The largest absolute Gasteiger partial charge is 0.417 e. The van der Waals surface area contributed by atoms with Gasteiger partial charge in [0.1, 0.15) is 0 Å². The molecule has 17 heavy (non-hydrogen) atoms. The fourth-order valence-corrected chi connectivity index (χ4v) is 1.29. The topological polar surface area (TPSA) is 24.9 Å². The van der Waals surface area contributed by atoms with Crippen LogP contribution in [-0.4, -0.2) is 11.5 Å². The van der Waals surface area contributed by atoms with Gasteiger partial charge in [-0.1, -0.05) is 20.3 Å². The smallest absolute Gasteiger partial charge is 0.311 e. The van der Waals surface area contributed by atoms with E-state index in [1.807, 2.05) is 0 Å². The number of hydrogen-bond donors (Lipinski definition) is 1. The highest BCUT2D eigenvalue weighted by molar-refractivity contribution is 5.16. The molecular formula is C12H17F3N2. The first-order valence-corrected chi connectivity index (χ1v) is 5.66. The maximum absolute atomic E-state index is 12.3. The van der Waals surface area contributed by atoms with Crippen LogP contribution in [0.1, 0.15) is 31.5 Å². The molecule has 0 spiro atoms. The first kappa shape index (κ1) is 14.0. The summed E-state index contributed by atoms with van der Waals surface area (Å²) in [7, 11) is 0. The van der Waals surface area contributed by atoms with Gasteiger partial charge in [0.25, 0.3) is 0 Å². The van der Waals surface area contributed by atoms with Crippen LogP contribution < -0.4 is 5.32 Å². The summed E-state index contributed by atoms with van der Waals surface area (Å²) in [5.74, 6) is 0.560. The van der Waals surface area contributed by atoms with Crippen molar-refractivity contribution in [2.24, 2.45) is 5.92 Å². The second-order valence-corrected chi connectivity index (χ2v) is 4.18. The van der Waals surface area contributed by atoms with Crippen LogP contribution in [0.25, 0.3) is 0 Å². The van der Waals surface area contributed by atoms with Crippen LogP contribution in [0.2, 0.25) is 0 Å². The molecule has 0 fully saturated rings. The molecule has 0 aliphatic heterocycles. The van der Waals surface area contributed by atoms with Gasteiger partial charge >= 0.3 is 6.18 Å². The standard InChI is InChI=1S/C12H17F3N2/c1-3-9(2)6-16-8-11-5-4-10(7-17-11)12(13,14)15/h4-5,7,9,16H,3,6,8H2,1-2H3/t9-/m0/s1. The van der Waals surface area contributed by atoms with Crippen LogP contribution in [0.3, 0.4) is 0 Å². The van der Waals surface area contributed by atoms with E-state index in [0.29, 0.717) is 18.2 Å². The van der Waals surface area contributed by atoms with Crippen molar-refractivity contribution >= 4 is 0 Å². The summed E-state index contributed by atoms with van der Waals surface area (Å²) in [4.78, 5) is 3.79. The van der Waals surface area contributed by atoms with E-state index in [0.717, 1.165) is 25.2 Å². The molecule has 0 saturated heterocycles. The highest BCUT2D eigenvalue weighted by Crippen LogP contribution is 2.28. The van der Waals surface area contributed by atoms with Crippen molar-refractivity contribution in [1.29, 1.82) is 0 Å². The van der Waals surface area contributed by atoms with E-state index < -0.39 is 11.7 Å². The molecule has 96 valence electrons. The molecule has 1 aromatic rings. The average molecular weight is 246 g/mol. The van der Waals surface area contributed by atoms with Gasteiger partial charge < -0.3 is 5.32 Å². The third-order valence-corrected chi connectivity index (χ3v) is 2.65. The summed E-state index contributed by atoms with van der Waals surface area (Å²) in [6.07, 6.45) is -2.36. The number of nitrogens with one attached hydrogen (secondary N) is 1. The number of nitrogens with zero attached hydrogens (tertiary/aromatic N) is 1. The first-order chi connectivity index (χ1) is 7.93. The number of halogens is 3. The molecule has 0 aliphatic rings. The van der Waals surface area contributed by atoms with Crippen molar-refractivity contribution in [3.8, 4) is 0 Å². The lowest BCUT2D eigenvalue weighted by Gasteiger charge is -2.10. The summed E-state index contributed by atoms with van der Waals surface area (Å²) in [5.41, 5.74) is -0.0792. The molecule has 0 bridgehead atoms. The van der Waals surface area contributed by atoms with Gasteiger partial charge in [0, 0.05) is 12.7 Å². The van der Waals surface area contributed by atoms with Gasteiger partial charge in [-0.2, -0.15) is 13.2 Å². The van der Waals surface area contributed by atoms with Gasteiger partial charge in [-0.25, -0.2) is 0 Å². The van der Waals surface area contributed by atoms with E-state index in [4.69, 9.17) is 0 Å². The van der Waals surface area contributed by atoms with Gasteiger partial charge in [-0.05, 0) is 24.6 Å². The quantitative estimate of drug-likeness (QED) is 0.862. The number of aromatic nitrogens is 1. The van der Waals surface area contributed by atoms with Crippen LogP contribution in [0.4, 0.5) is 13.2 Å². The van der Waals surface area contributed by atoms with Crippen molar-refractivity contribution in [2.75, 3.05) is 6.54 Å². The second-order valence-electron chi connectivity index (χ2n) is 4.18. The zero-order chi connectivity index (χ0) is 12.9. The van der Waals surface area contributed by atoms with Crippen molar-refractivity contribution in [3.63, 3.8) is 0 Å². The molecule has 1 rings (SSSR count). The normalized spacial score (nSPS) is 13.7. The molecule has 0 amide bonds. The van der Waals surface area contributed by atoms with E-state index in [2.05, 4.69) is 24.1 Å². The minimum Gasteiger partial charge on any atom is -0.311 e.